The molecule has 124 valence electrons. The predicted octanol–water partition coefficient (Wildman–Crippen LogP) is 5.74. The van der Waals surface area contributed by atoms with Crippen molar-refractivity contribution >= 4 is 0 Å². The van der Waals surface area contributed by atoms with Gasteiger partial charge >= 0.3 is 0 Å². The van der Waals surface area contributed by atoms with Crippen LogP contribution in [0.4, 0.5) is 0 Å². The maximum Gasteiger partial charge on any atom is 0.119 e. The summed E-state index contributed by atoms with van der Waals surface area (Å²) in [6.45, 7) is 6.62. The topological polar surface area (TPSA) is 40.5 Å². The average Bonchev–Trinajstić information content (AvgIpc) is 2.51. The van der Waals surface area contributed by atoms with Gasteiger partial charge < -0.3 is 10.2 Å². The average molecular weight is 312 g/mol. The Morgan fingerprint density at radius 3 is 2.09 bits per heavy atom. The summed E-state index contributed by atoms with van der Waals surface area (Å²) in [7, 11) is 0. The number of rotatable bonds is 7. The lowest BCUT2D eigenvalue weighted by Crippen LogP contribution is -2.27. The summed E-state index contributed by atoms with van der Waals surface area (Å²) in [6.07, 6.45) is 4.71. The van der Waals surface area contributed by atoms with Crippen LogP contribution in [0, 0.1) is 0 Å². The van der Waals surface area contributed by atoms with Crippen LogP contribution in [-0.4, -0.2) is 10.2 Å². The third kappa shape index (κ3) is 4.28. The SMILES string of the molecule is CCCCCC(c1ccccc1)C(C)(C)c1cc(O)cc(O)c1. The van der Waals surface area contributed by atoms with Crippen LogP contribution in [0.2, 0.25) is 0 Å². The Kier molecular flexibility index (Phi) is 5.70. The monoisotopic (exact) mass is 312 g/mol. The summed E-state index contributed by atoms with van der Waals surface area (Å²) in [5.74, 6) is 0.582. The largest absolute Gasteiger partial charge is 0.508 e. The summed E-state index contributed by atoms with van der Waals surface area (Å²) >= 11 is 0. The van der Waals surface area contributed by atoms with Gasteiger partial charge in [-0.25, -0.2) is 0 Å². The Balaban J connectivity index is 2.39. The van der Waals surface area contributed by atoms with Crippen molar-refractivity contribution in [2.24, 2.45) is 0 Å². The lowest BCUT2D eigenvalue weighted by Gasteiger charge is -2.36. The number of aromatic hydroxyl groups is 2. The van der Waals surface area contributed by atoms with Gasteiger partial charge in [-0.05, 0) is 41.0 Å². The van der Waals surface area contributed by atoms with E-state index < -0.39 is 0 Å². The number of phenolic OH excluding ortho intramolecular Hbond substituents is 2. The normalized spacial score (nSPS) is 13.0. The Labute approximate surface area is 139 Å². The number of benzene rings is 2. The van der Waals surface area contributed by atoms with Crippen LogP contribution >= 0.6 is 0 Å². The summed E-state index contributed by atoms with van der Waals surface area (Å²) in [5.41, 5.74) is 2.11. The highest BCUT2D eigenvalue weighted by Gasteiger charge is 2.32. The Morgan fingerprint density at radius 1 is 0.913 bits per heavy atom. The molecule has 0 aliphatic carbocycles. The molecule has 2 aromatic rings. The van der Waals surface area contributed by atoms with E-state index in [1.807, 2.05) is 6.07 Å². The second-order valence-electron chi connectivity index (χ2n) is 6.92. The molecule has 0 aliphatic rings. The molecule has 0 aliphatic heterocycles. The second-order valence-corrected chi connectivity index (χ2v) is 6.92. The fraction of sp³-hybridized carbons (Fsp3) is 0.429. The molecule has 0 saturated carbocycles. The Morgan fingerprint density at radius 2 is 1.52 bits per heavy atom. The van der Waals surface area contributed by atoms with Crippen LogP contribution in [0.3, 0.4) is 0 Å². The van der Waals surface area contributed by atoms with Gasteiger partial charge in [-0.2, -0.15) is 0 Å². The van der Waals surface area contributed by atoms with Crippen molar-refractivity contribution in [1.29, 1.82) is 0 Å². The van der Waals surface area contributed by atoms with E-state index in [0.717, 1.165) is 12.0 Å². The molecule has 23 heavy (non-hydrogen) atoms. The molecule has 0 amide bonds. The van der Waals surface area contributed by atoms with Gasteiger partial charge in [0.1, 0.15) is 11.5 Å². The summed E-state index contributed by atoms with van der Waals surface area (Å²) in [6, 6.07) is 15.5. The van der Waals surface area contributed by atoms with Gasteiger partial charge in [-0.1, -0.05) is 70.4 Å². The highest BCUT2D eigenvalue weighted by molar-refractivity contribution is 5.42. The van der Waals surface area contributed by atoms with Crippen molar-refractivity contribution in [1.82, 2.24) is 0 Å². The molecule has 0 fully saturated rings. The third-order valence-electron chi connectivity index (χ3n) is 4.82. The highest BCUT2D eigenvalue weighted by atomic mass is 16.3. The smallest absolute Gasteiger partial charge is 0.119 e. The predicted molar refractivity (Wildman–Crippen MR) is 96.1 cm³/mol. The molecule has 2 heteroatoms. The van der Waals surface area contributed by atoms with Gasteiger partial charge in [0.15, 0.2) is 0 Å². The Bertz CT molecular complexity index is 597. The number of hydrogen-bond acceptors (Lipinski definition) is 2. The van der Waals surface area contributed by atoms with Crippen LogP contribution in [0.25, 0.3) is 0 Å². The molecular formula is C21H28O2. The van der Waals surface area contributed by atoms with Crippen LogP contribution in [0.1, 0.15) is 63.5 Å². The molecule has 0 bridgehead atoms. The van der Waals surface area contributed by atoms with E-state index in [0.29, 0.717) is 5.92 Å². The van der Waals surface area contributed by atoms with E-state index in [2.05, 4.69) is 45.0 Å². The molecule has 2 rings (SSSR count). The molecule has 1 atom stereocenters. The van der Waals surface area contributed by atoms with Crippen molar-refractivity contribution < 1.29 is 10.2 Å². The van der Waals surface area contributed by atoms with Gasteiger partial charge in [0, 0.05) is 6.07 Å². The first-order valence-electron chi connectivity index (χ1n) is 8.53. The number of phenols is 2. The molecule has 0 spiro atoms. The molecule has 0 radical (unpaired) electrons. The van der Waals surface area contributed by atoms with Crippen molar-refractivity contribution in [2.75, 3.05) is 0 Å². The standard InChI is InChI=1S/C21H28O2/c1-4-5-7-12-20(16-10-8-6-9-11-16)21(2,3)17-13-18(22)15-19(23)14-17/h6,8-11,13-15,20,22-23H,4-5,7,12H2,1-3H3. The molecular weight excluding hydrogens is 284 g/mol. The summed E-state index contributed by atoms with van der Waals surface area (Å²) in [4.78, 5) is 0. The minimum absolute atomic E-state index is 0.119. The zero-order chi connectivity index (χ0) is 16.9. The van der Waals surface area contributed by atoms with E-state index in [4.69, 9.17) is 0 Å². The van der Waals surface area contributed by atoms with Crippen LogP contribution in [-0.2, 0) is 5.41 Å². The van der Waals surface area contributed by atoms with Gasteiger partial charge in [0.2, 0.25) is 0 Å². The zero-order valence-corrected chi connectivity index (χ0v) is 14.4. The minimum atomic E-state index is -0.175. The molecule has 0 saturated heterocycles. The van der Waals surface area contributed by atoms with Crippen molar-refractivity contribution in [3.8, 4) is 11.5 Å². The quantitative estimate of drug-likeness (QED) is 0.640. The first-order valence-corrected chi connectivity index (χ1v) is 8.53. The molecule has 0 heterocycles. The molecule has 2 nitrogen and oxygen atoms in total. The number of hydrogen-bond donors (Lipinski definition) is 2. The van der Waals surface area contributed by atoms with E-state index in [1.165, 1.54) is 30.9 Å². The van der Waals surface area contributed by atoms with Gasteiger partial charge in [-0.3, -0.25) is 0 Å². The molecule has 1 unspecified atom stereocenters. The van der Waals surface area contributed by atoms with Crippen molar-refractivity contribution in [3.63, 3.8) is 0 Å². The molecule has 0 aromatic heterocycles. The maximum atomic E-state index is 9.86. The fourth-order valence-corrected chi connectivity index (χ4v) is 3.40. The first kappa shape index (κ1) is 17.4. The lowest BCUT2D eigenvalue weighted by molar-refractivity contribution is 0.372. The maximum absolute atomic E-state index is 9.86. The van der Waals surface area contributed by atoms with Crippen molar-refractivity contribution in [3.05, 3.63) is 59.7 Å². The van der Waals surface area contributed by atoms with Crippen LogP contribution < -0.4 is 0 Å². The molecule has 2 aromatic carbocycles. The highest BCUT2D eigenvalue weighted by Crippen LogP contribution is 2.43. The van der Waals surface area contributed by atoms with E-state index >= 15 is 0 Å². The van der Waals surface area contributed by atoms with E-state index in [1.54, 1.807) is 12.1 Å². The van der Waals surface area contributed by atoms with E-state index in [-0.39, 0.29) is 16.9 Å². The second kappa shape index (κ2) is 7.54. The number of unbranched alkanes of at least 4 members (excludes halogenated alkanes) is 2. The zero-order valence-electron chi connectivity index (χ0n) is 14.4. The van der Waals surface area contributed by atoms with Crippen LogP contribution in [0.15, 0.2) is 48.5 Å². The molecule has 2 N–H and O–H groups in total. The van der Waals surface area contributed by atoms with E-state index in [9.17, 15) is 10.2 Å². The Hall–Kier alpha value is -1.96. The summed E-state index contributed by atoms with van der Waals surface area (Å²) in [5, 5.41) is 19.7. The van der Waals surface area contributed by atoms with Gasteiger partial charge in [0.05, 0.1) is 0 Å². The van der Waals surface area contributed by atoms with Crippen molar-refractivity contribution in [2.45, 2.75) is 57.8 Å². The van der Waals surface area contributed by atoms with Crippen LogP contribution in [0.5, 0.6) is 11.5 Å². The summed E-state index contributed by atoms with van der Waals surface area (Å²) < 4.78 is 0. The minimum Gasteiger partial charge on any atom is -0.508 e. The van der Waals surface area contributed by atoms with Gasteiger partial charge in [-0.15, -0.1) is 0 Å². The first-order chi connectivity index (χ1) is 10.9. The van der Waals surface area contributed by atoms with Gasteiger partial charge in [0.25, 0.3) is 0 Å². The fourth-order valence-electron chi connectivity index (χ4n) is 3.40. The lowest BCUT2D eigenvalue weighted by atomic mass is 9.68. The third-order valence-corrected chi connectivity index (χ3v) is 4.82.